The molecule has 2 N–H and O–H groups in total. The van der Waals surface area contributed by atoms with E-state index in [0.29, 0.717) is 5.56 Å². The minimum atomic E-state index is -3.81. The Balaban J connectivity index is 1.73. The topological polar surface area (TPSA) is 65.1 Å². The van der Waals surface area contributed by atoms with Gasteiger partial charge < -0.3 is 10.3 Å². The van der Waals surface area contributed by atoms with E-state index in [2.05, 4.69) is 4.57 Å². The highest BCUT2D eigenvalue weighted by Crippen LogP contribution is 2.53. The van der Waals surface area contributed by atoms with E-state index in [1.165, 1.54) is 0 Å². The van der Waals surface area contributed by atoms with Crippen LogP contribution in [0.15, 0.2) is 76.5 Å². The van der Waals surface area contributed by atoms with Gasteiger partial charge in [-0.05, 0) is 30.3 Å². The minimum Gasteiger partial charge on any atom is -0.397 e. The summed E-state index contributed by atoms with van der Waals surface area (Å²) in [7, 11) is -3.81. The Morgan fingerprint density at radius 3 is 2.31 bits per heavy atom. The van der Waals surface area contributed by atoms with Gasteiger partial charge in [0.25, 0.3) is 0 Å². The van der Waals surface area contributed by atoms with Crippen molar-refractivity contribution in [2.75, 3.05) is 5.73 Å². The number of nitrogens with two attached hydrogens (primary N) is 1. The highest BCUT2D eigenvalue weighted by atomic mass is 35.5. The van der Waals surface area contributed by atoms with Gasteiger partial charge in [-0.15, -0.1) is 0 Å². The molecule has 0 spiro atoms. The van der Waals surface area contributed by atoms with Crippen LogP contribution in [0, 0.1) is 0 Å². The van der Waals surface area contributed by atoms with Crippen molar-refractivity contribution in [3.8, 4) is 16.9 Å². The van der Waals surface area contributed by atoms with E-state index >= 15 is 0 Å². The molecule has 3 aromatic rings. The number of fused-ring (bicyclic) bond motifs is 4. The lowest BCUT2D eigenvalue weighted by Gasteiger charge is -2.11. The molecule has 2 aliphatic heterocycles. The number of hydrogen-bond donors (Lipinski definition) is 1. The Morgan fingerprint density at radius 2 is 1.58 bits per heavy atom. The molecule has 4 nitrogen and oxygen atoms in total. The Labute approximate surface area is 155 Å². The van der Waals surface area contributed by atoms with Gasteiger partial charge in [0.05, 0.1) is 32.5 Å². The number of anilines is 1. The zero-order chi connectivity index (χ0) is 18.1. The fourth-order valence-corrected chi connectivity index (χ4v) is 5.43. The van der Waals surface area contributed by atoms with Crippen molar-refractivity contribution in [1.29, 1.82) is 0 Å². The summed E-state index contributed by atoms with van der Waals surface area (Å²) < 4.78 is 28.2. The molecule has 0 fully saturated rings. The van der Waals surface area contributed by atoms with E-state index in [1.54, 1.807) is 42.5 Å². The molecule has 2 aliphatic rings. The first kappa shape index (κ1) is 15.5. The molecule has 128 valence electrons. The van der Waals surface area contributed by atoms with Gasteiger partial charge in [-0.25, -0.2) is 8.42 Å². The molecular formula is C20H13ClN2O2S. The highest BCUT2D eigenvalue weighted by molar-refractivity contribution is 7.91. The molecule has 6 heteroatoms. The summed E-state index contributed by atoms with van der Waals surface area (Å²) in [5.74, 6) is 0. The number of aromatic nitrogens is 1. The molecule has 0 unspecified atom stereocenters. The van der Waals surface area contributed by atoms with Crippen LogP contribution in [0.3, 0.4) is 0 Å². The van der Waals surface area contributed by atoms with E-state index in [0.717, 1.165) is 22.3 Å². The van der Waals surface area contributed by atoms with Crippen molar-refractivity contribution < 1.29 is 8.42 Å². The average Bonchev–Trinajstić information content (AvgIpc) is 3.29. The van der Waals surface area contributed by atoms with Crippen LogP contribution in [0.1, 0.15) is 0 Å². The minimum absolute atomic E-state index is 0.0347. The number of halogens is 1. The van der Waals surface area contributed by atoms with Crippen molar-refractivity contribution in [2.24, 2.45) is 0 Å². The lowest BCUT2D eigenvalue weighted by atomic mass is 10.1. The van der Waals surface area contributed by atoms with Gasteiger partial charge in [-0.1, -0.05) is 48.0 Å². The smallest absolute Gasteiger partial charge is 0.210 e. The molecule has 0 aromatic heterocycles. The first-order valence-electron chi connectivity index (χ1n) is 8.04. The third kappa shape index (κ3) is 1.92. The average molecular weight is 381 g/mol. The van der Waals surface area contributed by atoms with Crippen LogP contribution in [0.5, 0.6) is 0 Å². The molecule has 3 aromatic carbocycles. The van der Waals surface area contributed by atoms with Crippen molar-refractivity contribution in [2.45, 2.75) is 9.79 Å². The number of hydrogen-bond acceptors (Lipinski definition) is 3. The number of benzene rings is 3. The van der Waals surface area contributed by atoms with E-state index in [-0.39, 0.29) is 20.5 Å². The van der Waals surface area contributed by atoms with E-state index in [4.69, 9.17) is 17.3 Å². The molecule has 5 rings (SSSR count). The van der Waals surface area contributed by atoms with E-state index in [1.807, 2.05) is 24.3 Å². The summed E-state index contributed by atoms with van der Waals surface area (Å²) >= 11 is 6.25. The van der Waals surface area contributed by atoms with Crippen LogP contribution in [-0.2, 0) is 9.84 Å². The summed E-state index contributed by atoms with van der Waals surface area (Å²) in [6.07, 6.45) is 0. The molecule has 26 heavy (non-hydrogen) atoms. The number of para-hydroxylation sites is 1. The van der Waals surface area contributed by atoms with Crippen LogP contribution in [0.25, 0.3) is 27.8 Å². The zero-order valence-electron chi connectivity index (χ0n) is 13.5. The second-order valence-corrected chi connectivity index (χ2v) is 8.50. The maximum Gasteiger partial charge on any atom is 0.210 e. The van der Waals surface area contributed by atoms with Crippen LogP contribution in [-0.4, -0.2) is 13.0 Å². The highest BCUT2D eigenvalue weighted by Gasteiger charge is 2.36. The second-order valence-electron chi connectivity index (χ2n) is 6.20. The van der Waals surface area contributed by atoms with Crippen molar-refractivity contribution in [3.63, 3.8) is 0 Å². The summed E-state index contributed by atoms with van der Waals surface area (Å²) in [5.41, 5.74) is 10.3. The molecule has 0 amide bonds. The molecule has 0 saturated heterocycles. The zero-order valence-corrected chi connectivity index (χ0v) is 15.1. The fourth-order valence-electron chi connectivity index (χ4n) is 3.49. The number of nitrogens with zero attached hydrogens (tertiary/aromatic N) is 1. The second kappa shape index (κ2) is 5.13. The molecule has 0 atom stereocenters. The Kier molecular flexibility index (Phi) is 3.05. The van der Waals surface area contributed by atoms with E-state index in [9.17, 15) is 8.42 Å². The van der Waals surface area contributed by atoms with Crippen molar-refractivity contribution >= 4 is 38.0 Å². The van der Waals surface area contributed by atoms with Gasteiger partial charge in [-0.3, -0.25) is 0 Å². The molecule has 0 bridgehead atoms. The summed E-state index contributed by atoms with van der Waals surface area (Å²) in [6, 6.07) is 19.6. The standard InChI is InChI=1S/C20H13ClN2O2S/c21-15-11-10-14(19-18-13-8-4-5-9-16(13)23(18)19)17(22)20(15)26(24,25)12-6-2-1-3-7-12/h1-11H,22H2. The summed E-state index contributed by atoms with van der Waals surface area (Å²) in [5, 5.41) is 1.28. The number of rotatable bonds is 3. The quantitative estimate of drug-likeness (QED) is 0.462. The van der Waals surface area contributed by atoms with Gasteiger partial charge >= 0.3 is 0 Å². The van der Waals surface area contributed by atoms with Crippen LogP contribution in [0.4, 0.5) is 5.69 Å². The molecular weight excluding hydrogens is 368 g/mol. The van der Waals surface area contributed by atoms with Gasteiger partial charge in [-0.2, -0.15) is 0 Å². The number of nitrogen functional groups attached to an aromatic ring is 1. The number of sulfone groups is 1. The first-order chi connectivity index (χ1) is 12.5. The van der Waals surface area contributed by atoms with Crippen LogP contribution >= 0.6 is 11.6 Å². The predicted octanol–water partition coefficient (Wildman–Crippen LogP) is 4.68. The third-order valence-electron chi connectivity index (χ3n) is 4.75. The lowest BCUT2D eigenvalue weighted by Crippen LogP contribution is -2.07. The molecule has 0 saturated carbocycles. The van der Waals surface area contributed by atoms with Crippen molar-refractivity contribution in [1.82, 2.24) is 4.57 Å². The Bertz CT molecular complexity index is 1270. The van der Waals surface area contributed by atoms with Gasteiger partial charge in [0.15, 0.2) is 0 Å². The third-order valence-corrected chi connectivity index (χ3v) is 7.04. The van der Waals surface area contributed by atoms with Gasteiger partial charge in [0, 0.05) is 10.9 Å². The Hall–Kier alpha value is -2.76. The predicted molar refractivity (Wildman–Crippen MR) is 104 cm³/mol. The normalized spacial score (nSPS) is 12.5. The van der Waals surface area contributed by atoms with Gasteiger partial charge in [0.2, 0.25) is 9.84 Å². The Morgan fingerprint density at radius 1 is 0.885 bits per heavy atom. The monoisotopic (exact) mass is 380 g/mol. The lowest BCUT2D eigenvalue weighted by molar-refractivity contribution is 0.596. The molecule has 0 aliphatic carbocycles. The molecule has 0 radical (unpaired) electrons. The van der Waals surface area contributed by atoms with Crippen LogP contribution < -0.4 is 5.73 Å². The van der Waals surface area contributed by atoms with E-state index < -0.39 is 9.84 Å². The first-order valence-corrected chi connectivity index (χ1v) is 9.90. The molecule has 2 heterocycles. The SMILES string of the molecule is Nc1c(-c2c3c4ccccc4n2-3)ccc(Cl)c1S(=O)(=O)c1ccccc1. The van der Waals surface area contributed by atoms with Gasteiger partial charge in [0.1, 0.15) is 4.90 Å². The van der Waals surface area contributed by atoms with Crippen LogP contribution in [0.2, 0.25) is 5.02 Å². The fraction of sp³-hybridized carbons (Fsp3) is 0. The summed E-state index contributed by atoms with van der Waals surface area (Å²) in [4.78, 5) is 0.137. The maximum absolute atomic E-state index is 13.1. The van der Waals surface area contributed by atoms with Crippen molar-refractivity contribution in [3.05, 3.63) is 71.8 Å². The largest absolute Gasteiger partial charge is 0.397 e. The summed E-state index contributed by atoms with van der Waals surface area (Å²) in [6.45, 7) is 0. The maximum atomic E-state index is 13.1.